The SMILES string of the molecule is CCOc1cc(/C=C2/SC(=O)N(CCOC)C2=O)cc(I)c1OCC(=O)Nc1ccc(F)cc1. The van der Waals surface area contributed by atoms with Crippen molar-refractivity contribution in [3.8, 4) is 11.5 Å². The van der Waals surface area contributed by atoms with E-state index in [4.69, 9.17) is 14.2 Å². The summed E-state index contributed by atoms with van der Waals surface area (Å²) in [5, 5.41) is 2.28. The third-order valence-electron chi connectivity index (χ3n) is 4.50. The average Bonchev–Trinajstić information content (AvgIpc) is 3.05. The number of anilines is 1. The molecule has 0 atom stereocenters. The molecule has 0 saturated carbocycles. The highest BCUT2D eigenvalue weighted by atomic mass is 127. The highest BCUT2D eigenvalue weighted by Crippen LogP contribution is 2.37. The number of nitrogens with zero attached hydrogens (tertiary/aromatic N) is 1. The van der Waals surface area contributed by atoms with E-state index in [-0.39, 0.29) is 30.9 Å². The lowest BCUT2D eigenvalue weighted by atomic mass is 10.2. The Hall–Kier alpha value is -2.64. The molecule has 0 bridgehead atoms. The smallest absolute Gasteiger partial charge is 0.293 e. The molecule has 1 aliphatic rings. The van der Waals surface area contributed by atoms with Crippen molar-refractivity contribution in [1.29, 1.82) is 0 Å². The van der Waals surface area contributed by atoms with Crippen molar-refractivity contribution in [1.82, 2.24) is 4.90 Å². The van der Waals surface area contributed by atoms with Gasteiger partial charge in [0.2, 0.25) is 0 Å². The zero-order chi connectivity index (χ0) is 24.7. The second-order valence-corrected chi connectivity index (χ2v) is 9.09. The Labute approximate surface area is 213 Å². The molecule has 1 saturated heterocycles. The van der Waals surface area contributed by atoms with E-state index in [0.717, 1.165) is 16.7 Å². The van der Waals surface area contributed by atoms with Crippen LogP contribution >= 0.6 is 34.4 Å². The van der Waals surface area contributed by atoms with E-state index in [1.807, 2.05) is 6.92 Å². The number of amides is 3. The number of nitrogens with one attached hydrogen (secondary N) is 1. The summed E-state index contributed by atoms with van der Waals surface area (Å²) < 4.78 is 30.0. The van der Waals surface area contributed by atoms with E-state index in [1.165, 1.54) is 31.4 Å². The van der Waals surface area contributed by atoms with Gasteiger partial charge in [-0.05, 0) is 89.3 Å². The van der Waals surface area contributed by atoms with Crippen LogP contribution in [0.15, 0.2) is 41.3 Å². The van der Waals surface area contributed by atoms with Gasteiger partial charge in [-0.3, -0.25) is 19.3 Å². The van der Waals surface area contributed by atoms with Gasteiger partial charge in [-0.25, -0.2) is 4.39 Å². The van der Waals surface area contributed by atoms with Gasteiger partial charge in [0.1, 0.15) is 5.82 Å². The van der Waals surface area contributed by atoms with E-state index >= 15 is 0 Å². The second-order valence-electron chi connectivity index (χ2n) is 6.93. The normalized spacial score (nSPS) is 14.6. The Bertz CT molecular complexity index is 1110. The second kappa shape index (κ2) is 12.2. The number of benzene rings is 2. The monoisotopic (exact) mass is 600 g/mol. The van der Waals surface area contributed by atoms with Crippen LogP contribution in [-0.2, 0) is 14.3 Å². The third kappa shape index (κ3) is 6.70. The summed E-state index contributed by atoms with van der Waals surface area (Å²) in [5.74, 6) is -0.419. The molecule has 2 aromatic carbocycles. The molecule has 0 aliphatic carbocycles. The first-order chi connectivity index (χ1) is 16.3. The highest BCUT2D eigenvalue weighted by molar-refractivity contribution is 14.1. The molecule has 180 valence electrons. The van der Waals surface area contributed by atoms with Crippen molar-refractivity contribution < 1.29 is 33.0 Å². The summed E-state index contributed by atoms with van der Waals surface area (Å²) in [6, 6.07) is 8.85. The molecule has 0 spiro atoms. The molecule has 3 rings (SSSR count). The van der Waals surface area contributed by atoms with Crippen LogP contribution in [0.1, 0.15) is 12.5 Å². The molecule has 34 heavy (non-hydrogen) atoms. The van der Waals surface area contributed by atoms with Crippen molar-refractivity contribution in [2.75, 3.05) is 38.8 Å². The number of hydrogen-bond donors (Lipinski definition) is 1. The summed E-state index contributed by atoms with van der Waals surface area (Å²) >= 11 is 2.91. The molecule has 3 amide bonds. The van der Waals surface area contributed by atoms with Gasteiger partial charge in [0.15, 0.2) is 18.1 Å². The Morgan fingerprint density at radius 3 is 2.62 bits per heavy atom. The van der Waals surface area contributed by atoms with Gasteiger partial charge in [-0.15, -0.1) is 0 Å². The number of thioether (sulfide) groups is 1. The number of halogens is 2. The third-order valence-corrected chi connectivity index (χ3v) is 6.21. The number of ether oxygens (including phenoxy) is 3. The number of hydrogen-bond acceptors (Lipinski definition) is 7. The predicted octanol–water partition coefficient (Wildman–Crippen LogP) is 4.53. The first-order valence-corrected chi connectivity index (χ1v) is 12.1. The molecule has 1 fully saturated rings. The number of rotatable bonds is 10. The quantitative estimate of drug-likeness (QED) is 0.317. The van der Waals surface area contributed by atoms with Gasteiger partial charge in [0, 0.05) is 12.8 Å². The van der Waals surface area contributed by atoms with E-state index in [0.29, 0.717) is 37.8 Å². The lowest BCUT2D eigenvalue weighted by molar-refractivity contribution is -0.123. The lowest BCUT2D eigenvalue weighted by Gasteiger charge is -2.15. The summed E-state index contributed by atoms with van der Waals surface area (Å²) in [7, 11) is 1.50. The Morgan fingerprint density at radius 2 is 1.94 bits per heavy atom. The van der Waals surface area contributed by atoms with Crippen molar-refractivity contribution in [2.24, 2.45) is 0 Å². The minimum atomic E-state index is -0.418. The summed E-state index contributed by atoms with van der Waals surface area (Å²) in [6.07, 6.45) is 1.62. The van der Waals surface area contributed by atoms with Gasteiger partial charge < -0.3 is 19.5 Å². The zero-order valence-corrected chi connectivity index (χ0v) is 21.4. The highest BCUT2D eigenvalue weighted by Gasteiger charge is 2.34. The van der Waals surface area contributed by atoms with Crippen LogP contribution in [0.3, 0.4) is 0 Å². The number of carbonyl (C=O) groups excluding carboxylic acids is 3. The fourth-order valence-corrected chi connectivity index (χ4v) is 4.62. The summed E-state index contributed by atoms with van der Waals surface area (Å²) in [4.78, 5) is 38.4. The topological polar surface area (TPSA) is 94.2 Å². The van der Waals surface area contributed by atoms with Crippen LogP contribution in [0.2, 0.25) is 0 Å². The molecular weight excluding hydrogens is 578 g/mol. The van der Waals surface area contributed by atoms with Gasteiger partial charge >= 0.3 is 0 Å². The standard InChI is InChI=1S/C23H22FIN2O6S/c1-3-32-18-11-14(12-19-22(29)27(8-9-31-2)23(30)34-19)10-17(25)21(18)33-13-20(28)26-16-6-4-15(24)5-7-16/h4-7,10-12H,3,8-9,13H2,1-2H3,(H,26,28)/b19-12+. The molecule has 1 N–H and O–H groups in total. The molecular formula is C23H22FIN2O6S. The lowest BCUT2D eigenvalue weighted by Crippen LogP contribution is -2.31. The number of imide groups is 1. The zero-order valence-electron chi connectivity index (χ0n) is 18.4. The fraction of sp³-hybridized carbons (Fsp3) is 0.261. The molecule has 0 radical (unpaired) electrons. The van der Waals surface area contributed by atoms with Crippen LogP contribution in [-0.4, -0.2) is 55.4 Å². The molecule has 2 aromatic rings. The molecule has 8 nitrogen and oxygen atoms in total. The van der Waals surface area contributed by atoms with Crippen molar-refractivity contribution in [3.63, 3.8) is 0 Å². The predicted molar refractivity (Wildman–Crippen MR) is 135 cm³/mol. The van der Waals surface area contributed by atoms with Gasteiger partial charge in [0.25, 0.3) is 17.1 Å². The fourth-order valence-electron chi connectivity index (χ4n) is 2.97. The van der Waals surface area contributed by atoms with Gasteiger partial charge in [-0.2, -0.15) is 0 Å². The molecule has 0 aromatic heterocycles. The Kier molecular flexibility index (Phi) is 9.30. The van der Waals surface area contributed by atoms with Crippen molar-refractivity contribution in [2.45, 2.75) is 6.92 Å². The van der Waals surface area contributed by atoms with Crippen LogP contribution < -0.4 is 14.8 Å². The first kappa shape index (κ1) is 26.0. The van der Waals surface area contributed by atoms with Crippen LogP contribution in [0.5, 0.6) is 11.5 Å². The summed E-state index contributed by atoms with van der Waals surface area (Å²) in [6.45, 7) is 2.33. The van der Waals surface area contributed by atoms with Crippen molar-refractivity contribution in [3.05, 3.63) is 56.3 Å². The maximum atomic E-state index is 13.0. The van der Waals surface area contributed by atoms with Gasteiger partial charge in [0.05, 0.1) is 28.2 Å². The minimum absolute atomic E-state index is 0.188. The molecule has 1 heterocycles. The minimum Gasteiger partial charge on any atom is -0.490 e. The first-order valence-electron chi connectivity index (χ1n) is 10.2. The number of methoxy groups -OCH3 is 1. The number of carbonyl (C=O) groups is 3. The Balaban J connectivity index is 1.74. The van der Waals surface area contributed by atoms with Crippen LogP contribution in [0.4, 0.5) is 14.9 Å². The van der Waals surface area contributed by atoms with Crippen molar-refractivity contribution >= 4 is 63.2 Å². The maximum Gasteiger partial charge on any atom is 0.293 e. The van der Waals surface area contributed by atoms with E-state index in [1.54, 1.807) is 18.2 Å². The molecule has 1 aliphatic heterocycles. The van der Waals surface area contributed by atoms with Crippen LogP contribution in [0.25, 0.3) is 6.08 Å². The van der Waals surface area contributed by atoms with Gasteiger partial charge in [-0.1, -0.05) is 0 Å². The molecule has 11 heteroatoms. The van der Waals surface area contributed by atoms with E-state index in [9.17, 15) is 18.8 Å². The summed E-state index contributed by atoms with van der Waals surface area (Å²) in [5.41, 5.74) is 1.10. The molecule has 0 unspecified atom stereocenters. The average molecular weight is 600 g/mol. The van der Waals surface area contributed by atoms with E-state index in [2.05, 4.69) is 27.9 Å². The van der Waals surface area contributed by atoms with Crippen LogP contribution in [0, 0.1) is 9.39 Å². The van der Waals surface area contributed by atoms with E-state index < -0.39 is 11.7 Å². The Morgan fingerprint density at radius 1 is 1.21 bits per heavy atom. The largest absolute Gasteiger partial charge is 0.490 e. The maximum absolute atomic E-state index is 13.0.